The smallest absolute Gasteiger partial charge is 0.294 e. The van der Waals surface area contributed by atoms with Gasteiger partial charge in [-0.3, -0.25) is 19.7 Å². The number of nitrogens with zero attached hydrogens (tertiary/aromatic N) is 3. The van der Waals surface area contributed by atoms with E-state index in [-0.39, 0.29) is 35.0 Å². The molecule has 1 saturated carbocycles. The summed E-state index contributed by atoms with van der Waals surface area (Å²) in [6.07, 6.45) is 3.02. The van der Waals surface area contributed by atoms with E-state index >= 15 is 0 Å². The SMILES string of the molecule is C[C@@H]1CC[C@@H]2C(=O)N(c3ccc(N(CCc4ccccc4)Cc4ccccc4)c([N+](=O)[O-])c3)C(=O)[C@@H]2C1. The van der Waals surface area contributed by atoms with Gasteiger partial charge >= 0.3 is 0 Å². The topological polar surface area (TPSA) is 83.8 Å². The van der Waals surface area contributed by atoms with E-state index in [0.717, 1.165) is 24.0 Å². The molecule has 37 heavy (non-hydrogen) atoms. The Balaban J connectivity index is 1.47. The van der Waals surface area contributed by atoms with Gasteiger partial charge in [-0.2, -0.15) is 0 Å². The van der Waals surface area contributed by atoms with Gasteiger partial charge in [-0.15, -0.1) is 0 Å². The molecule has 1 aliphatic carbocycles. The summed E-state index contributed by atoms with van der Waals surface area (Å²) in [5, 5.41) is 12.3. The first kappa shape index (κ1) is 24.7. The Kier molecular flexibility index (Phi) is 7.04. The molecule has 0 bridgehead atoms. The first-order chi connectivity index (χ1) is 17.9. The number of imide groups is 1. The molecule has 0 radical (unpaired) electrons. The lowest BCUT2D eigenvalue weighted by atomic mass is 9.76. The molecule has 190 valence electrons. The second-order valence-electron chi connectivity index (χ2n) is 10.2. The van der Waals surface area contributed by atoms with Crippen LogP contribution in [0.1, 0.15) is 37.3 Å². The molecule has 0 N–H and O–H groups in total. The highest BCUT2D eigenvalue weighted by Crippen LogP contribution is 2.43. The second kappa shape index (κ2) is 10.5. The first-order valence-corrected chi connectivity index (χ1v) is 12.9. The molecule has 3 atom stereocenters. The van der Waals surface area contributed by atoms with Crippen LogP contribution in [0.2, 0.25) is 0 Å². The molecule has 0 aromatic heterocycles. The maximum Gasteiger partial charge on any atom is 0.294 e. The highest BCUT2D eigenvalue weighted by molar-refractivity contribution is 6.22. The number of hydrogen-bond acceptors (Lipinski definition) is 5. The zero-order chi connectivity index (χ0) is 25.9. The largest absolute Gasteiger partial charge is 0.361 e. The number of hydrogen-bond donors (Lipinski definition) is 0. The number of nitro benzene ring substituents is 1. The van der Waals surface area contributed by atoms with Crippen LogP contribution in [-0.2, 0) is 22.6 Å². The summed E-state index contributed by atoms with van der Waals surface area (Å²) in [6.45, 7) is 3.17. The first-order valence-electron chi connectivity index (χ1n) is 12.9. The number of carbonyl (C=O) groups excluding carboxylic acids is 2. The lowest BCUT2D eigenvalue weighted by Gasteiger charge is -2.26. The van der Waals surface area contributed by atoms with Crippen LogP contribution in [0.25, 0.3) is 0 Å². The molecule has 2 fully saturated rings. The molecule has 7 nitrogen and oxygen atoms in total. The fourth-order valence-electron chi connectivity index (χ4n) is 5.71. The summed E-state index contributed by atoms with van der Waals surface area (Å²) in [5.74, 6) is -0.702. The van der Waals surface area contributed by atoms with Crippen molar-refractivity contribution >= 4 is 28.9 Å². The lowest BCUT2D eigenvalue weighted by molar-refractivity contribution is -0.384. The molecule has 0 unspecified atom stereocenters. The average Bonchev–Trinajstić information content (AvgIpc) is 3.16. The molecule has 1 aliphatic heterocycles. The van der Waals surface area contributed by atoms with Crippen molar-refractivity contribution in [2.45, 2.75) is 39.2 Å². The summed E-state index contributed by atoms with van der Waals surface area (Å²) >= 11 is 0. The minimum absolute atomic E-state index is 0.106. The Morgan fingerprint density at radius 2 is 1.54 bits per heavy atom. The van der Waals surface area contributed by atoms with Gasteiger partial charge in [0.25, 0.3) is 5.69 Å². The Bertz CT molecular complexity index is 1290. The molecule has 5 rings (SSSR count). The van der Waals surface area contributed by atoms with Gasteiger partial charge < -0.3 is 4.90 Å². The minimum atomic E-state index is -0.417. The number of fused-ring (bicyclic) bond motifs is 1. The molecular formula is C30H31N3O4. The number of rotatable bonds is 8. The average molecular weight is 498 g/mol. The minimum Gasteiger partial charge on any atom is -0.361 e. The Labute approximate surface area is 216 Å². The number of nitro groups is 1. The molecule has 3 aromatic rings. The van der Waals surface area contributed by atoms with Crippen LogP contribution in [-0.4, -0.2) is 23.3 Å². The van der Waals surface area contributed by atoms with Crippen molar-refractivity contribution in [3.63, 3.8) is 0 Å². The van der Waals surface area contributed by atoms with Gasteiger partial charge in [0.1, 0.15) is 5.69 Å². The molecule has 7 heteroatoms. The summed E-state index contributed by atoms with van der Waals surface area (Å²) < 4.78 is 0. The third-order valence-electron chi connectivity index (χ3n) is 7.67. The van der Waals surface area contributed by atoms with Crippen molar-refractivity contribution in [1.82, 2.24) is 0 Å². The van der Waals surface area contributed by atoms with Gasteiger partial charge in [0.15, 0.2) is 0 Å². The fourth-order valence-corrected chi connectivity index (χ4v) is 5.71. The highest BCUT2D eigenvalue weighted by Gasteiger charge is 2.50. The molecule has 2 aliphatic rings. The lowest BCUT2D eigenvalue weighted by Crippen LogP contribution is -2.31. The van der Waals surface area contributed by atoms with Crippen molar-refractivity contribution in [2.24, 2.45) is 17.8 Å². The Hall–Kier alpha value is -4.00. The second-order valence-corrected chi connectivity index (χ2v) is 10.2. The van der Waals surface area contributed by atoms with Gasteiger partial charge in [-0.25, -0.2) is 4.90 Å². The fraction of sp³-hybridized carbons (Fsp3) is 0.333. The van der Waals surface area contributed by atoms with Gasteiger partial charge in [0.2, 0.25) is 11.8 Å². The van der Waals surface area contributed by atoms with E-state index in [2.05, 4.69) is 6.92 Å². The van der Waals surface area contributed by atoms with Crippen LogP contribution in [0.15, 0.2) is 78.9 Å². The van der Waals surface area contributed by atoms with E-state index in [1.807, 2.05) is 65.6 Å². The zero-order valence-electron chi connectivity index (χ0n) is 21.0. The summed E-state index contributed by atoms with van der Waals surface area (Å²) in [6, 6.07) is 24.6. The number of anilines is 2. The Morgan fingerprint density at radius 1 is 0.892 bits per heavy atom. The van der Waals surface area contributed by atoms with Crippen LogP contribution in [0.4, 0.5) is 17.1 Å². The summed E-state index contributed by atoms with van der Waals surface area (Å²) in [5.41, 5.74) is 2.83. The van der Waals surface area contributed by atoms with Gasteiger partial charge in [0.05, 0.1) is 22.4 Å². The molecule has 0 spiro atoms. The van der Waals surface area contributed by atoms with Crippen molar-refractivity contribution < 1.29 is 14.5 Å². The highest BCUT2D eigenvalue weighted by atomic mass is 16.6. The zero-order valence-corrected chi connectivity index (χ0v) is 21.0. The van der Waals surface area contributed by atoms with Gasteiger partial charge in [-0.05, 0) is 54.9 Å². The third kappa shape index (κ3) is 5.12. The van der Waals surface area contributed by atoms with E-state index in [9.17, 15) is 19.7 Å². The Morgan fingerprint density at radius 3 is 2.22 bits per heavy atom. The van der Waals surface area contributed by atoms with E-state index < -0.39 is 4.92 Å². The molecule has 1 heterocycles. The van der Waals surface area contributed by atoms with Crippen LogP contribution < -0.4 is 9.80 Å². The molecule has 2 amide bonds. The van der Waals surface area contributed by atoms with E-state index in [1.54, 1.807) is 12.1 Å². The summed E-state index contributed by atoms with van der Waals surface area (Å²) in [4.78, 5) is 41.4. The van der Waals surface area contributed by atoms with Crippen LogP contribution in [0.3, 0.4) is 0 Å². The third-order valence-corrected chi connectivity index (χ3v) is 7.67. The van der Waals surface area contributed by atoms with Crippen molar-refractivity contribution in [3.05, 3.63) is 100 Å². The molecule has 1 saturated heterocycles. The summed E-state index contributed by atoms with van der Waals surface area (Å²) in [7, 11) is 0. The number of benzene rings is 3. The maximum atomic E-state index is 13.2. The number of amides is 2. The van der Waals surface area contributed by atoms with Gasteiger partial charge in [-0.1, -0.05) is 67.6 Å². The van der Waals surface area contributed by atoms with Crippen LogP contribution in [0.5, 0.6) is 0 Å². The quantitative estimate of drug-likeness (QED) is 0.224. The van der Waals surface area contributed by atoms with E-state index in [4.69, 9.17) is 0 Å². The predicted octanol–water partition coefficient (Wildman–Crippen LogP) is 5.77. The van der Waals surface area contributed by atoms with Crippen molar-refractivity contribution in [2.75, 3.05) is 16.3 Å². The molecular weight excluding hydrogens is 466 g/mol. The van der Waals surface area contributed by atoms with Crippen LogP contribution in [0, 0.1) is 27.9 Å². The van der Waals surface area contributed by atoms with E-state index in [1.165, 1.54) is 11.0 Å². The molecule has 3 aromatic carbocycles. The maximum absolute atomic E-state index is 13.2. The van der Waals surface area contributed by atoms with Gasteiger partial charge in [0, 0.05) is 19.2 Å². The normalized spacial score (nSPS) is 21.1. The van der Waals surface area contributed by atoms with E-state index in [0.29, 0.717) is 37.5 Å². The standard InChI is InChI=1S/C30H31N3O4/c1-21-12-14-25-26(18-21)30(35)32(29(25)34)24-13-15-27(28(19-24)33(36)37)31(20-23-10-6-3-7-11-23)17-16-22-8-4-2-5-9-22/h2-11,13,15,19,21,25-26H,12,14,16-18,20H2,1H3/t21-,25+,26-/m1/s1. The number of carbonyl (C=O) groups is 2. The van der Waals surface area contributed by atoms with Crippen molar-refractivity contribution in [3.8, 4) is 0 Å². The monoisotopic (exact) mass is 497 g/mol. The van der Waals surface area contributed by atoms with Crippen LogP contribution >= 0.6 is 0 Å². The van der Waals surface area contributed by atoms with Crippen molar-refractivity contribution in [1.29, 1.82) is 0 Å². The predicted molar refractivity (Wildman–Crippen MR) is 143 cm³/mol.